The van der Waals surface area contributed by atoms with E-state index in [0.717, 1.165) is 34.0 Å². The maximum atomic E-state index is 6.15. The van der Waals surface area contributed by atoms with Crippen LogP contribution in [-0.4, -0.2) is 9.97 Å². The third kappa shape index (κ3) is 2.87. The van der Waals surface area contributed by atoms with E-state index in [9.17, 15) is 0 Å². The van der Waals surface area contributed by atoms with Crippen molar-refractivity contribution in [3.63, 3.8) is 0 Å². The van der Waals surface area contributed by atoms with Gasteiger partial charge in [0.05, 0.1) is 10.7 Å². The summed E-state index contributed by atoms with van der Waals surface area (Å²) >= 11 is 6.15. The fraction of sp³-hybridized carbons (Fsp3) is 0.333. The second-order valence-corrected chi connectivity index (χ2v) is 5.18. The molecule has 0 unspecified atom stereocenters. The normalized spacial score (nSPS) is 10.6. The van der Waals surface area contributed by atoms with Crippen molar-refractivity contribution >= 4 is 11.6 Å². The van der Waals surface area contributed by atoms with Gasteiger partial charge < -0.3 is 4.74 Å². The second kappa shape index (κ2) is 5.17. The fourth-order valence-corrected chi connectivity index (χ4v) is 2.27. The molecule has 0 aliphatic rings. The summed E-state index contributed by atoms with van der Waals surface area (Å²) < 4.78 is 5.93. The lowest BCUT2D eigenvalue weighted by Crippen LogP contribution is -1.99. The predicted molar refractivity (Wildman–Crippen MR) is 77.2 cm³/mol. The Bertz CT molecular complexity index is 615. The minimum atomic E-state index is 0.543. The molecule has 0 atom stereocenters. The van der Waals surface area contributed by atoms with E-state index in [1.54, 1.807) is 0 Å². The van der Waals surface area contributed by atoms with E-state index >= 15 is 0 Å². The second-order valence-electron chi connectivity index (χ2n) is 4.77. The number of pyridine rings is 2. The highest BCUT2D eigenvalue weighted by Gasteiger charge is 2.12. The minimum Gasteiger partial charge on any atom is -0.437 e. The highest BCUT2D eigenvalue weighted by atomic mass is 35.5. The van der Waals surface area contributed by atoms with Crippen LogP contribution in [0.4, 0.5) is 0 Å². The molecule has 0 amide bonds. The Hall–Kier alpha value is -1.61. The monoisotopic (exact) mass is 276 g/mol. The van der Waals surface area contributed by atoms with E-state index in [0.29, 0.717) is 10.9 Å². The highest BCUT2D eigenvalue weighted by molar-refractivity contribution is 6.31. The van der Waals surface area contributed by atoms with Gasteiger partial charge in [-0.05, 0) is 52.3 Å². The Kier molecular flexibility index (Phi) is 3.76. The van der Waals surface area contributed by atoms with Crippen molar-refractivity contribution in [3.8, 4) is 11.6 Å². The average molecular weight is 277 g/mol. The van der Waals surface area contributed by atoms with E-state index in [2.05, 4.69) is 9.97 Å². The van der Waals surface area contributed by atoms with Crippen molar-refractivity contribution in [1.29, 1.82) is 0 Å². The van der Waals surface area contributed by atoms with Crippen molar-refractivity contribution in [3.05, 3.63) is 45.4 Å². The first-order valence-corrected chi connectivity index (χ1v) is 6.52. The van der Waals surface area contributed by atoms with Crippen molar-refractivity contribution in [2.75, 3.05) is 0 Å². The largest absolute Gasteiger partial charge is 0.437 e. The molecule has 0 N–H and O–H groups in total. The van der Waals surface area contributed by atoms with E-state index < -0.39 is 0 Å². The Morgan fingerprint density at radius 3 is 2.21 bits per heavy atom. The van der Waals surface area contributed by atoms with Crippen molar-refractivity contribution in [1.82, 2.24) is 9.97 Å². The third-order valence-electron chi connectivity index (χ3n) is 2.95. The van der Waals surface area contributed by atoms with Gasteiger partial charge in [-0.1, -0.05) is 11.6 Å². The number of rotatable bonds is 2. The summed E-state index contributed by atoms with van der Waals surface area (Å²) in [5.41, 5.74) is 4.56. The number of aryl methyl sites for hydroxylation is 4. The van der Waals surface area contributed by atoms with Crippen LogP contribution in [0, 0.1) is 34.6 Å². The van der Waals surface area contributed by atoms with Crippen LogP contribution in [0.2, 0.25) is 5.02 Å². The molecule has 0 aliphatic heterocycles. The fourth-order valence-electron chi connectivity index (χ4n) is 2.03. The van der Waals surface area contributed by atoms with E-state index in [1.165, 1.54) is 0 Å². The van der Waals surface area contributed by atoms with Crippen LogP contribution >= 0.6 is 11.6 Å². The zero-order chi connectivity index (χ0) is 14.2. The smallest absolute Gasteiger partial charge is 0.223 e. The summed E-state index contributed by atoms with van der Waals surface area (Å²) in [7, 11) is 0. The molecule has 2 heterocycles. The number of hydrogen-bond acceptors (Lipinski definition) is 3. The molecular weight excluding hydrogens is 260 g/mol. The number of aromatic nitrogens is 2. The third-order valence-corrected chi connectivity index (χ3v) is 3.34. The van der Waals surface area contributed by atoms with Gasteiger partial charge in [-0.2, -0.15) is 0 Å². The molecule has 0 bridgehead atoms. The molecule has 2 aromatic heterocycles. The number of halogens is 1. The Labute approximate surface area is 118 Å². The van der Waals surface area contributed by atoms with Gasteiger partial charge in [-0.25, -0.2) is 4.98 Å². The van der Waals surface area contributed by atoms with Crippen LogP contribution in [-0.2, 0) is 0 Å². The average Bonchev–Trinajstić information content (AvgIpc) is 2.29. The molecule has 100 valence electrons. The van der Waals surface area contributed by atoms with Gasteiger partial charge in [-0.15, -0.1) is 0 Å². The molecule has 0 aromatic carbocycles. The van der Waals surface area contributed by atoms with Gasteiger partial charge in [-0.3, -0.25) is 4.98 Å². The van der Waals surface area contributed by atoms with Crippen molar-refractivity contribution in [2.45, 2.75) is 34.6 Å². The van der Waals surface area contributed by atoms with Crippen LogP contribution in [0.25, 0.3) is 0 Å². The molecule has 0 fully saturated rings. The van der Waals surface area contributed by atoms with Crippen LogP contribution in [0.5, 0.6) is 11.6 Å². The molecule has 2 rings (SSSR count). The molecule has 0 spiro atoms. The summed E-state index contributed by atoms with van der Waals surface area (Å²) in [5.74, 6) is 1.30. The Morgan fingerprint density at radius 1 is 0.947 bits per heavy atom. The molecular formula is C15H17ClN2O. The summed E-state index contributed by atoms with van der Waals surface area (Å²) in [6.45, 7) is 9.70. The van der Waals surface area contributed by atoms with Gasteiger partial charge in [0.2, 0.25) is 5.88 Å². The van der Waals surface area contributed by atoms with Gasteiger partial charge in [0.1, 0.15) is 0 Å². The zero-order valence-corrected chi connectivity index (χ0v) is 12.6. The lowest BCUT2D eigenvalue weighted by molar-refractivity contribution is 0.447. The summed E-state index contributed by atoms with van der Waals surface area (Å²) in [5, 5.41) is 0.665. The van der Waals surface area contributed by atoms with Gasteiger partial charge >= 0.3 is 0 Å². The van der Waals surface area contributed by atoms with E-state index in [-0.39, 0.29) is 0 Å². The molecule has 0 saturated heterocycles. The van der Waals surface area contributed by atoms with Crippen LogP contribution in [0.1, 0.15) is 28.2 Å². The Morgan fingerprint density at radius 2 is 1.58 bits per heavy atom. The molecule has 3 nitrogen and oxygen atoms in total. The van der Waals surface area contributed by atoms with Gasteiger partial charge in [0, 0.05) is 17.0 Å². The van der Waals surface area contributed by atoms with E-state index in [1.807, 2.05) is 46.8 Å². The predicted octanol–water partition coefficient (Wildman–Crippen LogP) is 4.46. The maximum Gasteiger partial charge on any atom is 0.223 e. The molecule has 0 radical (unpaired) electrons. The number of ether oxygens (including phenoxy) is 1. The quantitative estimate of drug-likeness (QED) is 0.812. The van der Waals surface area contributed by atoms with Gasteiger partial charge in [0.15, 0.2) is 5.75 Å². The topological polar surface area (TPSA) is 35.0 Å². The molecule has 0 aliphatic carbocycles. The first-order valence-electron chi connectivity index (χ1n) is 6.15. The lowest BCUT2D eigenvalue weighted by atomic mass is 10.2. The molecule has 19 heavy (non-hydrogen) atoms. The van der Waals surface area contributed by atoms with Crippen molar-refractivity contribution < 1.29 is 4.74 Å². The van der Waals surface area contributed by atoms with Gasteiger partial charge in [0.25, 0.3) is 0 Å². The zero-order valence-electron chi connectivity index (χ0n) is 11.8. The van der Waals surface area contributed by atoms with Crippen LogP contribution < -0.4 is 4.74 Å². The number of hydrogen-bond donors (Lipinski definition) is 0. The standard InChI is InChI=1S/C15H17ClN2O/c1-8-6-9(2)17-12(5)14(8)19-15-11(4)13(16)7-10(3)18-15/h6-7H,1-5H3. The molecule has 4 heteroatoms. The first kappa shape index (κ1) is 13.8. The molecule has 2 aromatic rings. The summed E-state index contributed by atoms with van der Waals surface area (Å²) in [4.78, 5) is 8.82. The van der Waals surface area contributed by atoms with E-state index in [4.69, 9.17) is 16.3 Å². The summed E-state index contributed by atoms with van der Waals surface area (Å²) in [6.07, 6.45) is 0. The Balaban J connectivity index is 2.48. The first-order chi connectivity index (χ1) is 8.88. The maximum absolute atomic E-state index is 6.15. The highest BCUT2D eigenvalue weighted by Crippen LogP contribution is 2.31. The number of nitrogens with zero attached hydrogens (tertiary/aromatic N) is 2. The minimum absolute atomic E-state index is 0.543. The van der Waals surface area contributed by atoms with Crippen LogP contribution in [0.15, 0.2) is 12.1 Å². The SMILES string of the molecule is Cc1cc(C)c(Oc2nc(C)cc(Cl)c2C)c(C)n1. The lowest BCUT2D eigenvalue weighted by Gasteiger charge is -2.14. The molecule has 0 saturated carbocycles. The van der Waals surface area contributed by atoms with Crippen LogP contribution in [0.3, 0.4) is 0 Å². The van der Waals surface area contributed by atoms with Crippen molar-refractivity contribution in [2.24, 2.45) is 0 Å². The summed E-state index contributed by atoms with van der Waals surface area (Å²) in [6, 6.07) is 3.83.